The molecule has 5 heteroatoms. The Morgan fingerprint density at radius 3 is 2.70 bits per heavy atom. The fourth-order valence-electron chi connectivity index (χ4n) is 5.63. The molecule has 0 N–H and O–H groups in total. The van der Waals surface area contributed by atoms with Gasteiger partial charge in [-0.25, -0.2) is 0 Å². The number of hydrogen-bond acceptors (Lipinski definition) is 4. The largest absolute Gasteiger partial charge is 0.496 e. The van der Waals surface area contributed by atoms with Crippen LogP contribution in [0.4, 0.5) is 5.69 Å². The predicted molar refractivity (Wildman–Crippen MR) is 117 cm³/mol. The third-order valence-corrected chi connectivity index (χ3v) is 7.12. The molecule has 1 amide bonds. The van der Waals surface area contributed by atoms with Crippen molar-refractivity contribution < 1.29 is 14.3 Å². The van der Waals surface area contributed by atoms with Crippen molar-refractivity contribution >= 4 is 11.6 Å². The minimum atomic E-state index is -0.436. The quantitative estimate of drug-likeness (QED) is 0.738. The molecule has 30 heavy (non-hydrogen) atoms. The van der Waals surface area contributed by atoms with Crippen LogP contribution in [0.1, 0.15) is 35.1 Å². The van der Waals surface area contributed by atoms with Gasteiger partial charge in [0.25, 0.3) is 0 Å². The standard InChI is InChI=1S/C25H30N2O3/c1-29-13-12-27-22-9-4-3-8-21(22)25(24(27)28)10-11-26(17-25)16-20-14-18-6-5-7-19(18)15-23(20)30-2/h3-4,8-9,14-15H,5-7,10-13,16-17H2,1-2H3. The maximum Gasteiger partial charge on any atom is 0.239 e. The molecule has 1 saturated heterocycles. The van der Waals surface area contributed by atoms with Crippen LogP contribution in [0.5, 0.6) is 5.75 Å². The second-order valence-electron chi connectivity index (χ2n) is 8.80. The smallest absolute Gasteiger partial charge is 0.239 e. The van der Waals surface area contributed by atoms with Crippen LogP contribution in [0, 0.1) is 0 Å². The number of rotatable bonds is 6. The minimum Gasteiger partial charge on any atom is -0.496 e. The Kier molecular flexibility index (Phi) is 5.03. The van der Waals surface area contributed by atoms with Gasteiger partial charge in [0.05, 0.1) is 19.1 Å². The molecule has 0 aromatic heterocycles. The zero-order valence-electron chi connectivity index (χ0n) is 17.9. The third-order valence-electron chi connectivity index (χ3n) is 7.12. The van der Waals surface area contributed by atoms with Gasteiger partial charge in [0, 0.05) is 38.0 Å². The molecular weight excluding hydrogens is 376 g/mol. The maximum absolute atomic E-state index is 13.6. The van der Waals surface area contributed by atoms with Gasteiger partial charge in [0.1, 0.15) is 5.75 Å². The van der Waals surface area contributed by atoms with E-state index in [9.17, 15) is 4.79 Å². The third kappa shape index (κ3) is 3.03. The number of carbonyl (C=O) groups excluding carboxylic acids is 1. The summed E-state index contributed by atoms with van der Waals surface area (Å²) < 4.78 is 11.0. The van der Waals surface area contributed by atoms with E-state index < -0.39 is 5.41 Å². The van der Waals surface area contributed by atoms with Gasteiger partial charge in [-0.05, 0) is 61.1 Å². The molecule has 2 aromatic carbocycles. The number of fused-ring (bicyclic) bond motifs is 3. The zero-order valence-corrected chi connectivity index (χ0v) is 17.9. The second kappa shape index (κ2) is 7.71. The van der Waals surface area contributed by atoms with Crippen LogP contribution in [0.2, 0.25) is 0 Å². The van der Waals surface area contributed by atoms with Crippen LogP contribution in [-0.4, -0.2) is 51.3 Å². The second-order valence-corrected chi connectivity index (χ2v) is 8.80. The number of hydrogen-bond donors (Lipinski definition) is 0. The summed E-state index contributed by atoms with van der Waals surface area (Å²) in [5.74, 6) is 1.21. The van der Waals surface area contributed by atoms with E-state index in [0.717, 1.165) is 50.3 Å². The average molecular weight is 407 g/mol. The monoisotopic (exact) mass is 406 g/mol. The van der Waals surface area contributed by atoms with Crippen LogP contribution in [0.3, 0.4) is 0 Å². The van der Waals surface area contributed by atoms with Crippen molar-refractivity contribution in [3.8, 4) is 5.75 Å². The fourth-order valence-corrected chi connectivity index (χ4v) is 5.63. The molecule has 1 atom stereocenters. The van der Waals surface area contributed by atoms with E-state index in [0.29, 0.717) is 13.2 Å². The topological polar surface area (TPSA) is 42.0 Å². The maximum atomic E-state index is 13.6. The fraction of sp³-hybridized carbons (Fsp3) is 0.480. The van der Waals surface area contributed by atoms with Crippen LogP contribution >= 0.6 is 0 Å². The lowest BCUT2D eigenvalue weighted by Crippen LogP contribution is -2.43. The first-order valence-electron chi connectivity index (χ1n) is 11.0. The minimum absolute atomic E-state index is 0.226. The number of aryl methyl sites for hydroxylation is 2. The number of amides is 1. The van der Waals surface area contributed by atoms with E-state index in [-0.39, 0.29) is 5.91 Å². The van der Waals surface area contributed by atoms with Crippen molar-refractivity contribution in [2.45, 2.75) is 37.6 Å². The Morgan fingerprint density at radius 1 is 1.10 bits per heavy atom. The number of nitrogens with zero attached hydrogens (tertiary/aromatic N) is 2. The Labute approximate surface area is 178 Å². The highest BCUT2D eigenvalue weighted by molar-refractivity contribution is 6.08. The number of anilines is 1. The number of carbonyl (C=O) groups is 1. The first kappa shape index (κ1) is 19.6. The van der Waals surface area contributed by atoms with Crippen LogP contribution in [0.15, 0.2) is 36.4 Å². The highest BCUT2D eigenvalue weighted by Gasteiger charge is 2.54. The number of methoxy groups -OCH3 is 2. The SMILES string of the molecule is COCCN1C(=O)C2(CCN(Cc3cc4c(cc3OC)CCC4)C2)c2ccccc21. The van der Waals surface area contributed by atoms with Gasteiger partial charge in [0.2, 0.25) is 5.91 Å². The normalized spacial score (nSPS) is 22.7. The van der Waals surface area contributed by atoms with Gasteiger partial charge in [0.15, 0.2) is 0 Å². The summed E-state index contributed by atoms with van der Waals surface area (Å²) in [6.07, 6.45) is 4.41. The highest BCUT2D eigenvalue weighted by atomic mass is 16.5. The number of benzene rings is 2. The van der Waals surface area contributed by atoms with Crippen molar-refractivity contribution in [2.24, 2.45) is 0 Å². The molecule has 2 heterocycles. The summed E-state index contributed by atoms with van der Waals surface area (Å²) >= 11 is 0. The predicted octanol–water partition coefficient (Wildman–Crippen LogP) is 3.32. The van der Waals surface area contributed by atoms with Gasteiger partial charge in [-0.15, -0.1) is 0 Å². The van der Waals surface area contributed by atoms with Crippen LogP contribution in [-0.2, 0) is 34.3 Å². The van der Waals surface area contributed by atoms with E-state index in [1.165, 1.54) is 28.7 Å². The summed E-state index contributed by atoms with van der Waals surface area (Å²) in [5, 5.41) is 0. The molecule has 2 aromatic rings. The summed E-state index contributed by atoms with van der Waals surface area (Å²) in [5.41, 5.74) is 5.93. The Bertz CT molecular complexity index is 973. The van der Waals surface area contributed by atoms with Gasteiger partial charge in [-0.2, -0.15) is 0 Å². The molecule has 5 rings (SSSR count). The van der Waals surface area contributed by atoms with Gasteiger partial charge in [-0.3, -0.25) is 9.69 Å². The molecule has 158 valence electrons. The lowest BCUT2D eigenvalue weighted by molar-refractivity contribution is -0.123. The molecule has 1 aliphatic carbocycles. The van der Waals surface area contributed by atoms with Crippen LogP contribution in [0.25, 0.3) is 0 Å². The summed E-state index contributed by atoms with van der Waals surface area (Å²) in [6, 6.07) is 12.9. The molecule has 0 saturated carbocycles. The Hall–Kier alpha value is -2.37. The van der Waals surface area contributed by atoms with Crippen molar-refractivity contribution in [3.63, 3.8) is 0 Å². The lowest BCUT2D eigenvalue weighted by Gasteiger charge is -2.25. The molecule has 1 unspecified atom stereocenters. The first-order valence-corrected chi connectivity index (χ1v) is 11.0. The molecule has 5 nitrogen and oxygen atoms in total. The van der Waals surface area contributed by atoms with Gasteiger partial charge >= 0.3 is 0 Å². The molecule has 2 aliphatic heterocycles. The van der Waals surface area contributed by atoms with E-state index in [1.54, 1.807) is 14.2 Å². The zero-order chi connectivity index (χ0) is 20.7. The molecule has 0 bridgehead atoms. The summed E-state index contributed by atoms with van der Waals surface area (Å²) in [4.78, 5) is 17.9. The number of likely N-dealkylation sites (tertiary alicyclic amines) is 1. The van der Waals surface area contributed by atoms with E-state index >= 15 is 0 Å². The van der Waals surface area contributed by atoms with Gasteiger partial charge in [-0.1, -0.05) is 24.3 Å². The summed E-state index contributed by atoms with van der Waals surface area (Å²) in [7, 11) is 3.44. The highest BCUT2D eigenvalue weighted by Crippen LogP contribution is 2.47. The first-order chi connectivity index (χ1) is 14.7. The van der Waals surface area contributed by atoms with Crippen LogP contribution < -0.4 is 9.64 Å². The molecular formula is C25H30N2O3. The van der Waals surface area contributed by atoms with E-state index in [4.69, 9.17) is 9.47 Å². The molecule has 1 spiro atoms. The molecule has 3 aliphatic rings. The van der Waals surface area contributed by atoms with Crippen molar-refractivity contribution in [1.82, 2.24) is 4.90 Å². The Morgan fingerprint density at radius 2 is 1.90 bits per heavy atom. The van der Waals surface area contributed by atoms with E-state index in [2.05, 4.69) is 35.2 Å². The molecule has 1 fully saturated rings. The average Bonchev–Trinajstić information content (AvgIpc) is 3.45. The lowest BCUT2D eigenvalue weighted by atomic mass is 9.81. The van der Waals surface area contributed by atoms with Gasteiger partial charge < -0.3 is 14.4 Å². The van der Waals surface area contributed by atoms with Crippen molar-refractivity contribution in [2.75, 3.05) is 45.4 Å². The Balaban J connectivity index is 1.41. The number of para-hydroxylation sites is 1. The number of ether oxygens (including phenoxy) is 2. The summed E-state index contributed by atoms with van der Waals surface area (Å²) in [6.45, 7) is 3.65. The van der Waals surface area contributed by atoms with E-state index in [1.807, 2.05) is 11.0 Å². The van der Waals surface area contributed by atoms with Crippen molar-refractivity contribution in [3.05, 3.63) is 58.7 Å². The van der Waals surface area contributed by atoms with Crippen molar-refractivity contribution in [1.29, 1.82) is 0 Å². The molecule has 0 radical (unpaired) electrons.